The van der Waals surface area contributed by atoms with E-state index in [9.17, 15) is 24.3 Å². The smallest absolute Gasteiger partial charge is 0.352 e. The van der Waals surface area contributed by atoms with Gasteiger partial charge in [-0.2, -0.15) is 0 Å². The lowest BCUT2D eigenvalue weighted by molar-refractivity contribution is -0.905. The van der Waals surface area contributed by atoms with Gasteiger partial charge in [-0.25, -0.2) is 19.6 Å². The Morgan fingerprint density at radius 1 is 1.33 bits per heavy atom. The normalized spacial score (nSPS) is 22.1. The number of carbonyl (C=O) groups excluding carboxylic acids is 2. The highest BCUT2D eigenvalue weighted by molar-refractivity contribution is 8.01. The number of anilines is 1. The third kappa shape index (κ3) is 6.12. The Bertz CT molecular complexity index is 1520. The van der Waals surface area contributed by atoms with Crippen LogP contribution in [0.2, 0.25) is 0 Å². The molecule has 2 amide bonds. The first kappa shape index (κ1) is 30.3. The molecule has 224 valence electrons. The second-order valence-electron chi connectivity index (χ2n) is 10.4. The van der Waals surface area contributed by atoms with Gasteiger partial charge < -0.3 is 30.6 Å². The summed E-state index contributed by atoms with van der Waals surface area (Å²) < 4.78 is 1.78. The van der Waals surface area contributed by atoms with Crippen LogP contribution < -0.4 is 11.1 Å². The molecule has 5 rings (SSSR count). The molecule has 0 radical (unpaired) electrons. The fraction of sp³-hybridized carbons (Fsp3) is 0.458. The van der Waals surface area contributed by atoms with Crippen LogP contribution in [-0.4, -0.2) is 109 Å². The minimum absolute atomic E-state index is 0.0457. The number of thioether (sulfide) groups is 2. The summed E-state index contributed by atoms with van der Waals surface area (Å²) in [6.45, 7) is 3.17. The van der Waals surface area contributed by atoms with Crippen LogP contribution in [0.1, 0.15) is 23.2 Å². The van der Waals surface area contributed by atoms with Gasteiger partial charge in [0.25, 0.3) is 11.8 Å². The molecule has 1 unspecified atom stereocenters. The van der Waals surface area contributed by atoms with E-state index >= 15 is 0 Å². The Hall–Kier alpha value is -3.19. The molecule has 1 fully saturated rings. The van der Waals surface area contributed by atoms with Gasteiger partial charge in [-0.05, 0) is 12.5 Å². The monoisotopic (exact) mass is 654 g/mol. The first-order chi connectivity index (χ1) is 19.8. The number of nitrogens with two attached hydrogens (primary N) is 1. The van der Waals surface area contributed by atoms with E-state index in [-0.39, 0.29) is 22.2 Å². The summed E-state index contributed by atoms with van der Waals surface area (Å²) in [4.78, 5) is 65.9. The quantitative estimate of drug-likeness (QED) is 0.0935. The van der Waals surface area contributed by atoms with E-state index in [1.807, 2.05) is 0 Å². The van der Waals surface area contributed by atoms with E-state index in [1.54, 1.807) is 11.3 Å². The molecule has 0 saturated carbocycles. The Morgan fingerprint density at radius 2 is 2.10 bits per heavy atom. The highest BCUT2D eigenvalue weighted by atomic mass is 32.2. The van der Waals surface area contributed by atoms with Gasteiger partial charge in [0.2, 0.25) is 6.10 Å². The number of quaternary nitrogens is 1. The highest BCUT2D eigenvalue weighted by Crippen LogP contribution is 2.42. The van der Waals surface area contributed by atoms with Crippen LogP contribution in [0.4, 0.5) is 5.13 Å². The molecule has 0 spiro atoms. The van der Waals surface area contributed by atoms with Crippen LogP contribution in [0.15, 0.2) is 26.1 Å². The number of likely N-dealkylation sites (N-methyl/N-ethyl adjacent to an activating group) is 1. The molecular formula is C24H28N7O7S4+. The highest BCUT2D eigenvalue weighted by Gasteiger charge is 2.54. The lowest BCUT2D eigenvalue weighted by Crippen LogP contribution is -2.71. The molecule has 3 aliphatic heterocycles. The summed E-state index contributed by atoms with van der Waals surface area (Å²) in [5.41, 5.74) is 6.99. The number of oxime groups is 1. The Balaban J connectivity index is 1.29. The number of fused-ring (bicyclic) bond motifs is 2. The average molecular weight is 655 g/mol. The third-order valence-electron chi connectivity index (χ3n) is 6.82. The maximum Gasteiger partial charge on any atom is 0.352 e. The number of hydrogen-bond donors (Lipinski definition) is 4. The van der Waals surface area contributed by atoms with Crippen LogP contribution in [0.3, 0.4) is 0 Å². The number of nitrogens with zero attached hydrogens (tertiary/aromatic N) is 5. The van der Waals surface area contributed by atoms with Gasteiger partial charge in [-0.15, -0.1) is 34.4 Å². The molecule has 0 aromatic carbocycles. The molecule has 3 atom stereocenters. The lowest BCUT2D eigenvalue weighted by atomic mass is 10.0. The van der Waals surface area contributed by atoms with Crippen molar-refractivity contribution in [3.8, 4) is 0 Å². The summed E-state index contributed by atoms with van der Waals surface area (Å²) in [5.74, 6) is -3.21. The Labute approximate surface area is 256 Å². The van der Waals surface area contributed by atoms with Crippen molar-refractivity contribution in [3.05, 3.63) is 32.9 Å². The summed E-state index contributed by atoms with van der Waals surface area (Å²) in [7, 11) is 4.37. The van der Waals surface area contributed by atoms with Crippen LogP contribution in [-0.2, 0) is 37.0 Å². The van der Waals surface area contributed by atoms with Crippen LogP contribution in [0, 0.1) is 0 Å². The number of carboxylic acids is 2. The van der Waals surface area contributed by atoms with Gasteiger partial charge in [0.1, 0.15) is 29.4 Å². The van der Waals surface area contributed by atoms with E-state index in [1.165, 1.54) is 45.6 Å². The van der Waals surface area contributed by atoms with Gasteiger partial charge in [-0.1, -0.05) is 16.9 Å². The number of hydrogen-bond acceptors (Lipinski definition) is 13. The minimum atomic E-state index is -1.35. The molecule has 5 N–H and O–H groups in total. The van der Waals surface area contributed by atoms with Crippen molar-refractivity contribution in [1.82, 2.24) is 20.2 Å². The molecule has 42 heavy (non-hydrogen) atoms. The number of nitrogens with one attached hydrogen (secondary N) is 1. The molecule has 2 aromatic heterocycles. The second kappa shape index (κ2) is 11.8. The van der Waals surface area contributed by atoms with E-state index in [0.29, 0.717) is 17.1 Å². The molecule has 18 heteroatoms. The Kier molecular flexibility index (Phi) is 8.53. The van der Waals surface area contributed by atoms with Gasteiger partial charge in [0.05, 0.1) is 31.2 Å². The van der Waals surface area contributed by atoms with Crippen LogP contribution in [0.5, 0.6) is 0 Å². The minimum Gasteiger partial charge on any atom is -0.478 e. The standard InChI is InChI=1S/C24H27N7O7S4/c1-10(21(34)35)38-29-15(13-9-40-23(25)26-13)18(32)28-16-19(33)30-17(22(36)37)11(7-39-20(16)30)8-41-24-27-12-4-5-31(2,3)6-14(12)42-24/h9-10,16,20H,4-8H2,1-3H3,(H4-,25,26,28,32,34,35,36,37)/p+1/b29-15-/t10-,16?,20-/m0/s1. The lowest BCUT2D eigenvalue weighted by Gasteiger charge is -2.49. The predicted molar refractivity (Wildman–Crippen MR) is 158 cm³/mol. The first-order valence-corrected chi connectivity index (χ1v) is 16.4. The van der Waals surface area contributed by atoms with E-state index in [4.69, 9.17) is 20.7 Å². The number of thiazole rings is 2. The molecular weight excluding hydrogens is 627 g/mol. The van der Waals surface area contributed by atoms with Crippen molar-refractivity contribution in [2.45, 2.75) is 41.7 Å². The summed E-state index contributed by atoms with van der Waals surface area (Å²) in [5, 5.41) is 26.3. The zero-order valence-corrected chi connectivity index (χ0v) is 26.0. The van der Waals surface area contributed by atoms with E-state index < -0.39 is 41.3 Å². The van der Waals surface area contributed by atoms with Crippen molar-refractivity contribution < 1.29 is 38.7 Å². The molecule has 2 aromatic rings. The zero-order valence-electron chi connectivity index (χ0n) is 22.7. The van der Waals surface area contributed by atoms with E-state index in [0.717, 1.165) is 45.4 Å². The average Bonchev–Trinajstić information content (AvgIpc) is 3.54. The number of carbonyl (C=O) groups is 4. The number of rotatable bonds is 10. The number of β-lactam (4-membered cyclic amide) rings is 1. The first-order valence-electron chi connectivity index (χ1n) is 12.7. The number of carboxylic acid groups (broad SMARTS) is 2. The number of aliphatic carboxylic acids is 2. The maximum absolute atomic E-state index is 13.2. The number of nitrogen functional groups attached to an aromatic ring is 1. The Morgan fingerprint density at radius 3 is 2.76 bits per heavy atom. The largest absolute Gasteiger partial charge is 0.478 e. The zero-order chi connectivity index (χ0) is 30.3. The predicted octanol–water partition coefficient (Wildman–Crippen LogP) is 1.04. The second-order valence-corrected chi connectivity index (χ2v) is 14.7. The molecule has 0 bridgehead atoms. The SMILES string of the molecule is C[C@H](O/N=C(\C(=O)NC1C(=O)N2C(C(=O)O)=C(CSc3nc4c(s3)C[N+](C)(C)CC4)CS[C@@H]12)c1csc(N)n1)C(=O)O. The molecule has 3 aliphatic rings. The maximum atomic E-state index is 13.2. The van der Waals surface area contributed by atoms with Gasteiger partial charge in [-0.3, -0.25) is 14.5 Å². The van der Waals surface area contributed by atoms with Crippen molar-refractivity contribution in [3.63, 3.8) is 0 Å². The van der Waals surface area contributed by atoms with Gasteiger partial charge in [0.15, 0.2) is 15.2 Å². The summed E-state index contributed by atoms with van der Waals surface area (Å²) in [6, 6.07) is -1.03. The third-order valence-corrected chi connectivity index (χ3v) is 11.1. The van der Waals surface area contributed by atoms with Crippen molar-refractivity contribution in [1.29, 1.82) is 0 Å². The summed E-state index contributed by atoms with van der Waals surface area (Å²) in [6.07, 6.45) is -0.443. The van der Waals surface area contributed by atoms with Crippen molar-refractivity contribution in [2.75, 3.05) is 37.9 Å². The topological polar surface area (TPSA) is 197 Å². The molecule has 0 aliphatic carbocycles. The molecule has 14 nitrogen and oxygen atoms in total. The van der Waals surface area contributed by atoms with Crippen molar-refractivity contribution in [2.24, 2.45) is 5.16 Å². The van der Waals surface area contributed by atoms with Gasteiger partial charge in [0, 0.05) is 23.3 Å². The van der Waals surface area contributed by atoms with Crippen LogP contribution >= 0.6 is 46.2 Å². The molecule has 1 saturated heterocycles. The fourth-order valence-electron chi connectivity index (χ4n) is 4.55. The summed E-state index contributed by atoms with van der Waals surface area (Å²) >= 11 is 5.48. The number of amides is 2. The van der Waals surface area contributed by atoms with E-state index in [2.05, 4.69) is 29.6 Å². The van der Waals surface area contributed by atoms with Crippen LogP contribution in [0.25, 0.3) is 0 Å². The van der Waals surface area contributed by atoms with Crippen molar-refractivity contribution >= 4 is 80.8 Å². The number of aromatic nitrogens is 2. The van der Waals surface area contributed by atoms with Gasteiger partial charge >= 0.3 is 11.9 Å². The molecule has 5 heterocycles. The fourth-order valence-corrected chi connectivity index (χ4v) is 9.04.